The predicted molar refractivity (Wildman–Crippen MR) is 92.5 cm³/mol. The van der Waals surface area contributed by atoms with Gasteiger partial charge in [-0.3, -0.25) is 0 Å². The van der Waals surface area contributed by atoms with E-state index in [0.29, 0.717) is 0 Å². The van der Waals surface area contributed by atoms with Gasteiger partial charge in [0.1, 0.15) is 6.79 Å². The van der Waals surface area contributed by atoms with Gasteiger partial charge in [-0.15, -0.1) is 0 Å². The number of halogens is 12. The van der Waals surface area contributed by atoms with Crippen LogP contribution in [0.15, 0.2) is 18.2 Å². The normalized spacial score (nSPS) is 15.5. The molecule has 1 atom stereocenters. The molecule has 0 radical (unpaired) electrons. The van der Waals surface area contributed by atoms with Crippen molar-refractivity contribution in [3.05, 3.63) is 34.9 Å². The molecule has 0 aliphatic carbocycles. The summed E-state index contributed by atoms with van der Waals surface area (Å²) < 4.78 is 172. The molecule has 0 fully saturated rings. The lowest BCUT2D eigenvalue weighted by Crippen LogP contribution is -2.57. The van der Waals surface area contributed by atoms with Crippen molar-refractivity contribution in [2.24, 2.45) is 0 Å². The van der Waals surface area contributed by atoms with Crippen LogP contribution in [0.3, 0.4) is 0 Å². The van der Waals surface area contributed by atoms with E-state index >= 15 is 0 Å². The molecule has 0 saturated heterocycles. The Morgan fingerprint density at radius 3 is 1.53 bits per heavy atom. The number of hydrogen-bond acceptors (Lipinski definition) is 3. The third-order valence-corrected chi connectivity index (χ3v) is 5.14. The molecule has 1 rings (SSSR count). The molecule has 15 heteroatoms. The second-order valence-electron chi connectivity index (χ2n) is 7.29. The van der Waals surface area contributed by atoms with Crippen LogP contribution in [0.25, 0.3) is 0 Å². The molecule has 1 unspecified atom stereocenters. The minimum Gasteiger partial charge on any atom is -0.369 e. The van der Waals surface area contributed by atoms with Crippen molar-refractivity contribution in [1.82, 2.24) is 0 Å². The van der Waals surface area contributed by atoms with E-state index in [1.54, 1.807) is 0 Å². The second-order valence-corrected chi connectivity index (χ2v) is 7.29. The van der Waals surface area contributed by atoms with Crippen LogP contribution in [0.2, 0.25) is 0 Å². The molecule has 0 amide bonds. The van der Waals surface area contributed by atoms with Crippen LogP contribution in [-0.2, 0) is 20.7 Å². The van der Waals surface area contributed by atoms with Crippen molar-refractivity contribution in [2.75, 3.05) is 13.4 Å². The Labute approximate surface area is 185 Å². The van der Waals surface area contributed by atoms with E-state index in [4.69, 9.17) is 0 Å². The summed E-state index contributed by atoms with van der Waals surface area (Å²) in [5.74, 6) is -1.10. The van der Waals surface area contributed by atoms with Crippen molar-refractivity contribution >= 4 is 0 Å². The molecule has 1 aromatic rings. The van der Waals surface area contributed by atoms with Gasteiger partial charge in [-0.2, -0.15) is 52.7 Å². The van der Waals surface area contributed by atoms with Crippen molar-refractivity contribution in [1.29, 1.82) is 0 Å². The van der Waals surface area contributed by atoms with E-state index in [-0.39, 0.29) is 18.6 Å². The van der Waals surface area contributed by atoms with Gasteiger partial charge in [0.25, 0.3) is 11.2 Å². The highest BCUT2D eigenvalue weighted by molar-refractivity contribution is 5.41. The van der Waals surface area contributed by atoms with Gasteiger partial charge >= 0.3 is 24.7 Å². The largest absolute Gasteiger partial charge is 0.430 e. The van der Waals surface area contributed by atoms with Crippen molar-refractivity contribution in [3.8, 4) is 0 Å². The van der Waals surface area contributed by atoms with Crippen LogP contribution in [-0.4, -0.2) is 43.2 Å². The second kappa shape index (κ2) is 9.72. The van der Waals surface area contributed by atoms with Gasteiger partial charge in [0.2, 0.25) is 0 Å². The van der Waals surface area contributed by atoms with Gasteiger partial charge in [0, 0.05) is 17.7 Å². The van der Waals surface area contributed by atoms with Crippen LogP contribution in [0.4, 0.5) is 52.7 Å². The lowest BCUT2D eigenvalue weighted by molar-refractivity contribution is -0.401. The molecule has 0 aromatic heterocycles. The van der Waals surface area contributed by atoms with E-state index in [1.165, 1.54) is 13.8 Å². The zero-order valence-electron chi connectivity index (χ0n) is 17.7. The molecular weight excluding hydrogens is 504 g/mol. The molecule has 198 valence electrons. The van der Waals surface area contributed by atoms with E-state index < -0.39 is 78.0 Å². The van der Waals surface area contributed by atoms with Crippen molar-refractivity contribution in [2.45, 2.75) is 69.0 Å². The first-order chi connectivity index (χ1) is 15.1. The van der Waals surface area contributed by atoms with Crippen LogP contribution >= 0.6 is 0 Å². The predicted octanol–water partition coefficient (Wildman–Crippen LogP) is 6.84. The zero-order valence-corrected chi connectivity index (χ0v) is 17.7. The SMILES string of the molecule is CCOCOC(c1cc(C(C)CC)cc(C(O)(C(F)(F)F)C(F)(F)F)c1)(C(F)(F)F)C(F)(F)F. The summed E-state index contributed by atoms with van der Waals surface area (Å²) in [6.07, 6.45) is -26.0. The summed E-state index contributed by atoms with van der Waals surface area (Å²) in [5.41, 5.74) is -16.3. The van der Waals surface area contributed by atoms with Crippen LogP contribution in [0, 0.1) is 0 Å². The molecule has 0 saturated carbocycles. The molecule has 34 heavy (non-hydrogen) atoms. The first-order valence-corrected chi connectivity index (χ1v) is 9.48. The highest BCUT2D eigenvalue weighted by atomic mass is 19.4. The molecule has 0 aliphatic rings. The lowest BCUT2D eigenvalue weighted by Gasteiger charge is -2.39. The maximum atomic E-state index is 13.9. The van der Waals surface area contributed by atoms with Gasteiger partial charge < -0.3 is 14.6 Å². The van der Waals surface area contributed by atoms with E-state index in [0.717, 1.165) is 6.92 Å². The van der Waals surface area contributed by atoms with E-state index in [9.17, 15) is 57.8 Å². The maximum Gasteiger partial charge on any atom is 0.430 e. The van der Waals surface area contributed by atoms with Gasteiger partial charge in [0.15, 0.2) is 0 Å². The Morgan fingerprint density at radius 2 is 1.18 bits per heavy atom. The van der Waals surface area contributed by atoms with Gasteiger partial charge in [-0.05, 0) is 30.9 Å². The minimum absolute atomic E-state index is 0.0682. The number of aliphatic hydroxyl groups is 1. The average Bonchev–Trinajstić information content (AvgIpc) is 2.65. The summed E-state index contributed by atoms with van der Waals surface area (Å²) in [6, 6.07) is -0.434. The van der Waals surface area contributed by atoms with Crippen LogP contribution in [0.1, 0.15) is 49.8 Å². The Hall–Kier alpha value is -1.74. The number of ether oxygens (including phenoxy) is 2. The molecule has 0 heterocycles. The molecule has 3 nitrogen and oxygen atoms in total. The third kappa shape index (κ3) is 5.25. The Kier molecular flexibility index (Phi) is 8.66. The Morgan fingerprint density at radius 1 is 0.735 bits per heavy atom. The first kappa shape index (κ1) is 30.3. The molecule has 1 aromatic carbocycles. The van der Waals surface area contributed by atoms with Gasteiger partial charge in [-0.1, -0.05) is 26.0 Å². The fourth-order valence-electron chi connectivity index (χ4n) is 3.02. The van der Waals surface area contributed by atoms with Crippen LogP contribution in [0.5, 0.6) is 0 Å². The third-order valence-electron chi connectivity index (χ3n) is 5.14. The monoisotopic (exact) mass is 524 g/mol. The number of hydrogen-bond donors (Lipinski definition) is 1. The summed E-state index contributed by atoms with van der Waals surface area (Å²) in [6.45, 7) is 1.59. The molecular formula is C19H20F12O3. The van der Waals surface area contributed by atoms with Gasteiger partial charge in [-0.25, -0.2) is 0 Å². The smallest absolute Gasteiger partial charge is 0.369 e. The zero-order chi connectivity index (χ0) is 27.0. The Balaban J connectivity index is 4.20. The van der Waals surface area contributed by atoms with E-state index in [1.807, 2.05) is 0 Å². The summed E-state index contributed by atoms with van der Waals surface area (Å²) in [4.78, 5) is 0. The molecule has 1 N–H and O–H groups in total. The highest BCUT2D eigenvalue weighted by Crippen LogP contribution is 2.56. The minimum atomic E-state index is -6.55. The fourth-order valence-corrected chi connectivity index (χ4v) is 3.02. The molecule has 0 aliphatic heterocycles. The first-order valence-electron chi connectivity index (χ1n) is 9.48. The Bertz CT molecular complexity index is 796. The van der Waals surface area contributed by atoms with Crippen LogP contribution < -0.4 is 0 Å². The van der Waals surface area contributed by atoms with E-state index in [2.05, 4.69) is 9.47 Å². The lowest BCUT2D eigenvalue weighted by atomic mass is 9.81. The summed E-state index contributed by atoms with van der Waals surface area (Å²) in [5, 5.41) is 9.67. The van der Waals surface area contributed by atoms with Gasteiger partial charge in [0.05, 0.1) is 0 Å². The summed E-state index contributed by atoms with van der Waals surface area (Å²) >= 11 is 0. The fraction of sp³-hybridized carbons (Fsp3) is 0.684. The maximum absolute atomic E-state index is 13.9. The highest BCUT2D eigenvalue weighted by Gasteiger charge is 2.75. The average molecular weight is 524 g/mol. The van der Waals surface area contributed by atoms with Crippen molar-refractivity contribution in [3.63, 3.8) is 0 Å². The molecule has 0 bridgehead atoms. The number of alkyl halides is 12. The number of rotatable bonds is 8. The molecule has 0 spiro atoms. The quantitative estimate of drug-likeness (QED) is 0.230. The topological polar surface area (TPSA) is 38.7 Å². The standard InChI is InChI=1S/C19H20F12O3/c1-4-10(3)11-6-12(14(32,16(20,21)22)17(23,24)25)8-13(7-11)15(18(26,27)28,19(29,30)31)34-9-33-5-2/h6-8,10,32H,4-5,9H2,1-3H3. The summed E-state index contributed by atoms with van der Waals surface area (Å²) in [7, 11) is 0. The van der Waals surface area contributed by atoms with Crippen molar-refractivity contribution < 1.29 is 67.3 Å². The number of benzene rings is 1.